The lowest BCUT2D eigenvalue weighted by molar-refractivity contribution is -0.114. The number of hydrogen-bond donors (Lipinski definition) is 2. The summed E-state index contributed by atoms with van der Waals surface area (Å²) in [6, 6.07) is 0. The molecule has 0 spiro atoms. The Morgan fingerprint density at radius 3 is 2.33 bits per heavy atom. The molecule has 0 aromatic heterocycles. The van der Waals surface area contributed by atoms with Gasteiger partial charge in [0.1, 0.15) is 0 Å². The Bertz CT molecular complexity index is 291. The van der Waals surface area contributed by atoms with Gasteiger partial charge in [0.15, 0.2) is 0 Å². The Kier molecular flexibility index (Phi) is 3.91. The van der Waals surface area contributed by atoms with Crippen LogP contribution in [0.5, 0.6) is 0 Å². The van der Waals surface area contributed by atoms with Gasteiger partial charge >= 0.3 is 0 Å². The third-order valence-electron chi connectivity index (χ3n) is 1.13. The minimum Gasteiger partial charge on any atom is -0.366 e. The second kappa shape index (κ2) is 4.22. The third-order valence-corrected chi connectivity index (χ3v) is 1.71. The monoisotopic (exact) mass is 193 g/mol. The van der Waals surface area contributed by atoms with Crippen molar-refractivity contribution in [3.05, 3.63) is 11.0 Å². The van der Waals surface area contributed by atoms with Gasteiger partial charge in [-0.15, -0.1) is 0 Å². The Morgan fingerprint density at radius 1 is 1.58 bits per heavy atom. The highest BCUT2D eigenvalue weighted by Crippen LogP contribution is 2.05. The minimum atomic E-state index is -4.25. The number of hydrogen-bond acceptors (Lipinski definition) is 3. The van der Waals surface area contributed by atoms with Crippen LogP contribution in [-0.4, -0.2) is 18.9 Å². The van der Waals surface area contributed by atoms with E-state index in [9.17, 15) is 13.2 Å². The van der Waals surface area contributed by atoms with Gasteiger partial charge < -0.3 is 5.73 Å². The van der Waals surface area contributed by atoms with Crippen molar-refractivity contribution in [1.82, 2.24) is 0 Å². The van der Waals surface area contributed by atoms with Crippen LogP contribution in [0.2, 0.25) is 0 Å². The summed E-state index contributed by atoms with van der Waals surface area (Å²) in [5, 5.41) is 0.485. The zero-order valence-electron chi connectivity index (χ0n) is 6.65. The van der Waals surface area contributed by atoms with Crippen LogP contribution in [0.15, 0.2) is 11.0 Å². The fourth-order valence-electron chi connectivity index (χ4n) is 0.689. The van der Waals surface area contributed by atoms with Crippen LogP contribution in [0.3, 0.4) is 0 Å². The topological polar surface area (TPSA) is 97.5 Å². The van der Waals surface area contributed by atoms with Crippen LogP contribution in [0, 0.1) is 0 Å². The molecule has 0 bridgehead atoms. The maximum Gasteiger partial charge on any atom is 0.288 e. The van der Waals surface area contributed by atoms with E-state index >= 15 is 0 Å². The minimum absolute atomic E-state index is 0.0833. The molecule has 3 N–H and O–H groups in total. The summed E-state index contributed by atoms with van der Waals surface area (Å²) in [6.45, 7) is 1.76. The summed E-state index contributed by atoms with van der Waals surface area (Å²) in [4.78, 5) is 10.5. The molecule has 0 aliphatic heterocycles. The Hall–Kier alpha value is -0.880. The fourth-order valence-corrected chi connectivity index (χ4v) is 1.28. The van der Waals surface area contributed by atoms with Crippen LogP contribution >= 0.6 is 0 Å². The van der Waals surface area contributed by atoms with Crippen molar-refractivity contribution in [3.8, 4) is 0 Å². The first-order valence-electron chi connectivity index (χ1n) is 3.34. The lowest BCUT2D eigenvalue weighted by Crippen LogP contribution is -2.15. The molecule has 0 aliphatic carbocycles. The number of carbonyl (C=O) groups excluding carboxylic acids is 1. The first-order valence-corrected chi connectivity index (χ1v) is 4.85. The Labute approximate surface area is 71.0 Å². The first-order chi connectivity index (χ1) is 5.37. The number of amides is 1. The van der Waals surface area contributed by atoms with E-state index in [0.29, 0.717) is 11.8 Å². The van der Waals surface area contributed by atoms with Gasteiger partial charge in [-0.3, -0.25) is 9.35 Å². The molecule has 6 heteroatoms. The molecule has 0 aromatic rings. The maximum atomic E-state index is 10.5. The summed E-state index contributed by atoms with van der Waals surface area (Å²) in [6.07, 6.45) is 0.833. The maximum absolute atomic E-state index is 10.5. The van der Waals surface area contributed by atoms with Crippen molar-refractivity contribution in [2.75, 3.05) is 0 Å². The highest BCUT2D eigenvalue weighted by atomic mass is 32.2. The molecule has 0 unspecified atom stereocenters. The van der Waals surface area contributed by atoms with Crippen molar-refractivity contribution < 1.29 is 17.8 Å². The van der Waals surface area contributed by atoms with Gasteiger partial charge in [-0.2, -0.15) is 8.42 Å². The van der Waals surface area contributed by atoms with Crippen molar-refractivity contribution >= 4 is 16.0 Å². The molecule has 0 saturated carbocycles. The molecule has 0 radical (unpaired) electrons. The molecule has 0 fully saturated rings. The number of nitrogens with two attached hydrogens (primary N) is 1. The molecule has 0 aromatic carbocycles. The largest absolute Gasteiger partial charge is 0.366 e. The average Bonchev–Trinajstić information content (AvgIpc) is 1.83. The molecule has 5 nitrogen and oxygen atoms in total. The molecular formula is C6H11NO4S. The average molecular weight is 193 g/mol. The van der Waals surface area contributed by atoms with Crippen molar-refractivity contribution in [1.29, 1.82) is 0 Å². The zero-order chi connectivity index (χ0) is 9.78. The quantitative estimate of drug-likeness (QED) is 0.486. The number of rotatable bonds is 4. The normalized spacial score (nSPS) is 13.0. The Balaban J connectivity index is 4.74. The van der Waals surface area contributed by atoms with Crippen LogP contribution in [0.4, 0.5) is 0 Å². The molecule has 0 atom stereocenters. The molecule has 0 rings (SSSR count). The van der Waals surface area contributed by atoms with Gasteiger partial charge in [-0.1, -0.05) is 13.3 Å². The predicted octanol–water partition coefficient (Wildman–Crippen LogP) is 0.0435. The van der Waals surface area contributed by atoms with E-state index < -0.39 is 16.0 Å². The Morgan fingerprint density at radius 2 is 2.08 bits per heavy atom. The lowest BCUT2D eigenvalue weighted by atomic mass is 10.2. The van der Waals surface area contributed by atoms with Gasteiger partial charge in [0.25, 0.3) is 10.1 Å². The highest BCUT2D eigenvalue weighted by molar-refractivity contribution is 7.88. The smallest absolute Gasteiger partial charge is 0.288 e. The van der Waals surface area contributed by atoms with Crippen molar-refractivity contribution in [2.45, 2.75) is 19.8 Å². The van der Waals surface area contributed by atoms with Gasteiger partial charge in [-0.05, 0) is 6.42 Å². The summed E-state index contributed by atoms with van der Waals surface area (Å²) >= 11 is 0. The molecule has 1 amide bonds. The van der Waals surface area contributed by atoms with E-state index in [1.165, 1.54) is 0 Å². The van der Waals surface area contributed by atoms with Crippen LogP contribution in [0.1, 0.15) is 19.8 Å². The fraction of sp³-hybridized carbons (Fsp3) is 0.500. The molecule has 12 heavy (non-hydrogen) atoms. The highest BCUT2D eigenvalue weighted by Gasteiger charge is 2.08. The summed E-state index contributed by atoms with van der Waals surface area (Å²) < 4.78 is 28.9. The third kappa shape index (κ3) is 4.86. The SMILES string of the molecule is CCCC(=CS(=O)(=O)O)C(N)=O. The predicted molar refractivity (Wildman–Crippen MR) is 43.7 cm³/mol. The lowest BCUT2D eigenvalue weighted by Gasteiger charge is -1.98. The van der Waals surface area contributed by atoms with Gasteiger partial charge in [-0.25, -0.2) is 0 Å². The zero-order valence-corrected chi connectivity index (χ0v) is 7.47. The number of primary amides is 1. The van der Waals surface area contributed by atoms with Crippen molar-refractivity contribution in [3.63, 3.8) is 0 Å². The standard InChI is InChI=1S/C6H11NO4S/c1-2-3-5(6(7)8)4-12(9,10)11/h4H,2-3H2,1H3,(H2,7,8)(H,9,10,11). The molecular weight excluding hydrogens is 182 g/mol. The number of carbonyl (C=O) groups is 1. The van der Waals surface area contributed by atoms with Crippen LogP contribution < -0.4 is 5.73 Å². The van der Waals surface area contributed by atoms with E-state index in [2.05, 4.69) is 0 Å². The molecule has 0 aliphatic rings. The van der Waals surface area contributed by atoms with E-state index in [1.807, 2.05) is 0 Å². The van der Waals surface area contributed by atoms with Gasteiger partial charge in [0.05, 0.1) is 5.41 Å². The first kappa shape index (κ1) is 11.1. The summed E-state index contributed by atoms with van der Waals surface area (Å²) in [7, 11) is -4.25. The van der Waals surface area contributed by atoms with E-state index in [4.69, 9.17) is 10.3 Å². The molecule has 0 heterocycles. The van der Waals surface area contributed by atoms with E-state index in [-0.39, 0.29) is 12.0 Å². The van der Waals surface area contributed by atoms with E-state index in [0.717, 1.165) is 0 Å². The molecule has 0 saturated heterocycles. The summed E-state index contributed by atoms with van der Waals surface area (Å²) in [5.74, 6) is -0.825. The second-order valence-electron chi connectivity index (χ2n) is 2.27. The molecule has 70 valence electrons. The summed E-state index contributed by atoms with van der Waals surface area (Å²) in [5.41, 5.74) is 4.76. The van der Waals surface area contributed by atoms with Crippen LogP contribution in [-0.2, 0) is 14.9 Å². The van der Waals surface area contributed by atoms with E-state index in [1.54, 1.807) is 6.92 Å². The second-order valence-corrected chi connectivity index (χ2v) is 3.54. The van der Waals surface area contributed by atoms with Gasteiger partial charge in [0.2, 0.25) is 5.91 Å². The van der Waals surface area contributed by atoms with Crippen LogP contribution in [0.25, 0.3) is 0 Å². The van der Waals surface area contributed by atoms with Gasteiger partial charge in [0, 0.05) is 5.57 Å². The van der Waals surface area contributed by atoms with Crippen molar-refractivity contribution in [2.24, 2.45) is 5.73 Å².